The van der Waals surface area contributed by atoms with E-state index in [4.69, 9.17) is 0 Å². The molecule has 108 valence electrons. The molecule has 0 fully saturated rings. The van der Waals surface area contributed by atoms with Crippen LogP contribution in [0.25, 0.3) is 0 Å². The standard InChI is InChI=1S/C14H26N4S/c1-4-15-11(2)10-12(3)19-14-17-16-13-8-6-5-7-9-18(13)14/h11-12,15H,4-10H2,1-3H3. The van der Waals surface area contributed by atoms with Crippen molar-refractivity contribution in [3.05, 3.63) is 5.82 Å². The molecule has 1 N–H and O–H groups in total. The molecule has 0 radical (unpaired) electrons. The largest absolute Gasteiger partial charge is 0.314 e. The fraction of sp³-hybridized carbons (Fsp3) is 0.857. The van der Waals surface area contributed by atoms with Crippen molar-refractivity contribution in [2.45, 2.75) is 75.9 Å². The molecule has 2 rings (SSSR count). The highest BCUT2D eigenvalue weighted by atomic mass is 32.2. The number of aromatic nitrogens is 3. The minimum atomic E-state index is 0.569. The first-order valence-corrected chi connectivity index (χ1v) is 8.40. The second kappa shape index (κ2) is 7.29. The van der Waals surface area contributed by atoms with E-state index >= 15 is 0 Å². The quantitative estimate of drug-likeness (QED) is 0.815. The van der Waals surface area contributed by atoms with Crippen molar-refractivity contribution in [3.63, 3.8) is 0 Å². The Morgan fingerprint density at radius 3 is 2.89 bits per heavy atom. The molecular weight excluding hydrogens is 256 g/mol. The summed E-state index contributed by atoms with van der Waals surface area (Å²) in [5.74, 6) is 1.19. The van der Waals surface area contributed by atoms with E-state index < -0.39 is 0 Å². The van der Waals surface area contributed by atoms with Gasteiger partial charge in [-0.2, -0.15) is 0 Å². The average Bonchev–Trinajstić information content (AvgIpc) is 2.60. The van der Waals surface area contributed by atoms with E-state index in [1.807, 2.05) is 11.8 Å². The van der Waals surface area contributed by atoms with Crippen LogP contribution in [0.1, 0.15) is 52.3 Å². The number of nitrogens with one attached hydrogen (secondary N) is 1. The summed E-state index contributed by atoms with van der Waals surface area (Å²) in [4.78, 5) is 0. The predicted molar refractivity (Wildman–Crippen MR) is 80.7 cm³/mol. The van der Waals surface area contributed by atoms with Gasteiger partial charge in [-0.3, -0.25) is 0 Å². The van der Waals surface area contributed by atoms with Gasteiger partial charge < -0.3 is 9.88 Å². The van der Waals surface area contributed by atoms with E-state index in [-0.39, 0.29) is 0 Å². The van der Waals surface area contributed by atoms with Gasteiger partial charge in [-0.25, -0.2) is 0 Å². The average molecular weight is 282 g/mol. The van der Waals surface area contributed by atoms with Crippen LogP contribution in [0.5, 0.6) is 0 Å². The van der Waals surface area contributed by atoms with Gasteiger partial charge in [0.15, 0.2) is 5.16 Å². The third-order valence-corrected chi connectivity index (χ3v) is 4.73. The molecule has 0 aromatic carbocycles. The van der Waals surface area contributed by atoms with Crippen molar-refractivity contribution in [2.75, 3.05) is 6.54 Å². The van der Waals surface area contributed by atoms with Gasteiger partial charge in [0.1, 0.15) is 5.82 Å². The first kappa shape index (κ1) is 14.9. The van der Waals surface area contributed by atoms with Gasteiger partial charge in [0, 0.05) is 24.3 Å². The molecule has 2 unspecified atom stereocenters. The minimum absolute atomic E-state index is 0.569. The highest BCUT2D eigenvalue weighted by Gasteiger charge is 2.18. The number of thioether (sulfide) groups is 1. The third-order valence-electron chi connectivity index (χ3n) is 3.62. The van der Waals surface area contributed by atoms with Gasteiger partial charge in [0.2, 0.25) is 0 Å². The van der Waals surface area contributed by atoms with Crippen LogP contribution in [0, 0.1) is 0 Å². The fourth-order valence-corrected chi connectivity index (χ4v) is 3.86. The van der Waals surface area contributed by atoms with Crippen molar-refractivity contribution in [3.8, 4) is 0 Å². The van der Waals surface area contributed by atoms with E-state index in [2.05, 4.69) is 40.9 Å². The Bertz CT molecular complexity index is 391. The first-order chi connectivity index (χ1) is 9.20. The van der Waals surface area contributed by atoms with Crippen LogP contribution in [0.2, 0.25) is 0 Å². The van der Waals surface area contributed by atoms with Crippen molar-refractivity contribution in [2.24, 2.45) is 0 Å². The Labute approximate surface area is 120 Å². The van der Waals surface area contributed by atoms with Crippen LogP contribution in [-0.4, -0.2) is 32.6 Å². The molecule has 0 amide bonds. The molecule has 19 heavy (non-hydrogen) atoms. The summed E-state index contributed by atoms with van der Waals surface area (Å²) in [6.07, 6.45) is 6.10. The Hall–Kier alpha value is -0.550. The molecule has 1 aliphatic rings. The number of nitrogens with zero attached hydrogens (tertiary/aromatic N) is 3. The van der Waals surface area contributed by atoms with Gasteiger partial charge in [0.05, 0.1) is 0 Å². The molecule has 0 aliphatic carbocycles. The van der Waals surface area contributed by atoms with Gasteiger partial charge in [-0.05, 0) is 32.7 Å². The summed E-state index contributed by atoms with van der Waals surface area (Å²) in [5, 5.41) is 13.9. The van der Waals surface area contributed by atoms with E-state index in [0.717, 1.165) is 24.7 Å². The van der Waals surface area contributed by atoms with Gasteiger partial charge in [-0.1, -0.05) is 32.0 Å². The lowest BCUT2D eigenvalue weighted by atomic mass is 10.2. The van der Waals surface area contributed by atoms with Crippen LogP contribution in [0.15, 0.2) is 5.16 Å². The summed E-state index contributed by atoms with van der Waals surface area (Å²) in [6.45, 7) is 8.84. The van der Waals surface area contributed by atoms with Crippen LogP contribution < -0.4 is 5.32 Å². The molecule has 0 saturated carbocycles. The van der Waals surface area contributed by atoms with Gasteiger partial charge in [-0.15, -0.1) is 10.2 Å². The van der Waals surface area contributed by atoms with E-state index in [9.17, 15) is 0 Å². The van der Waals surface area contributed by atoms with E-state index in [1.54, 1.807) is 0 Å². The molecule has 0 bridgehead atoms. The highest BCUT2D eigenvalue weighted by Crippen LogP contribution is 2.27. The first-order valence-electron chi connectivity index (χ1n) is 7.52. The Kier molecular flexibility index (Phi) is 5.70. The second-order valence-corrected chi connectivity index (χ2v) is 6.89. The summed E-state index contributed by atoms with van der Waals surface area (Å²) in [7, 11) is 0. The van der Waals surface area contributed by atoms with Crippen molar-refractivity contribution in [1.29, 1.82) is 0 Å². The number of hydrogen-bond acceptors (Lipinski definition) is 4. The summed E-state index contributed by atoms with van der Waals surface area (Å²) in [5.41, 5.74) is 0. The minimum Gasteiger partial charge on any atom is -0.314 e. The zero-order chi connectivity index (χ0) is 13.7. The van der Waals surface area contributed by atoms with E-state index in [0.29, 0.717) is 11.3 Å². The second-order valence-electron chi connectivity index (χ2n) is 5.48. The fourth-order valence-electron chi connectivity index (χ4n) is 2.70. The summed E-state index contributed by atoms with van der Waals surface area (Å²) in [6, 6.07) is 0.569. The Morgan fingerprint density at radius 1 is 1.26 bits per heavy atom. The van der Waals surface area contributed by atoms with Crippen LogP contribution in [0.3, 0.4) is 0 Å². The number of aryl methyl sites for hydroxylation is 1. The van der Waals surface area contributed by atoms with Gasteiger partial charge >= 0.3 is 0 Å². The number of hydrogen-bond donors (Lipinski definition) is 1. The van der Waals surface area contributed by atoms with Crippen molar-refractivity contribution in [1.82, 2.24) is 20.1 Å². The molecule has 1 aliphatic heterocycles. The van der Waals surface area contributed by atoms with Crippen molar-refractivity contribution < 1.29 is 0 Å². The lowest BCUT2D eigenvalue weighted by Gasteiger charge is -2.17. The molecule has 1 aromatic rings. The van der Waals surface area contributed by atoms with Crippen LogP contribution in [-0.2, 0) is 13.0 Å². The summed E-state index contributed by atoms with van der Waals surface area (Å²) < 4.78 is 2.34. The zero-order valence-electron chi connectivity index (χ0n) is 12.4. The zero-order valence-corrected chi connectivity index (χ0v) is 13.2. The maximum Gasteiger partial charge on any atom is 0.191 e. The van der Waals surface area contributed by atoms with E-state index in [1.165, 1.54) is 31.5 Å². The smallest absolute Gasteiger partial charge is 0.191 e. The molecule has 4 nitrogen and oxygen atoms in total. The lowest BCUT2D eigenvalue weighted by molar-refractivity contribution is 0.528. The lowest BCUT2D eigenvalue weighted by Crippen LogP contribution is -2.28. The van der Waals surface area contributed by atoms with Gasteiger partial charge in [0.25, 0.3) is 0 Å². The highest BCUT2D eigenvalue weighted by molar-refractivity contribution is 7.99. The SMILES string of the molecule is CCNC(C)CC(C)Sc1nnc2n1CCCCC2. The Morgan fingerprint density at radius 2 is 2.11 bits per heavy atom. The molecule has 5 heteroatoms. The normalized spacial score (nSPS) is 18.7. The topological polar surface area (TPSA) is 42.7 Å². The predicted octanol–water partition coefficient (Wildman–Crippen LogP) is 2.87. The molecule has 1 aromatic heterocycles. The molecule has 0 spiro atoms. The Balaban J connectivity index is 1.93. The maximum absolute atomic E-state index is 4.39. The summed E-state index contributed by atoms with van der Waals surface area (Å²) >= 11 is 1.88. The molecule has 2 heterocycles. The molecular formula is C14H26N4S. The van der Waals surface area contributed by atoms with Crippen LogP contribution >= 0.6 is 11.8 Å². The molecule has 2 atom stereocenters. The third kappa shape index (κ3) is 4.21. The maximum atomic E-state index is 4.39. The number of rotatable bonds is 6. The monoisotopic (exact) mass is 282 g/mol. The van der Waals surface area contributed by atoms with Crippen LogP contribution in [0.4, 0.5) is 0 Å². The van der Waals surface area contributed by atoms with Crippen molar-refractivity contribution >= 4 is 11.8 Å². The number of fused-ring (bicyclic) bond motifs is 1. The molecule has 0 saturated heterocycles.